The van der Waals surface area contributed by atoms with Gasteiger partial charge in [-0.25, -0.2) is 4.79 Å². The van der Waals surface area contributed by atoms with Crippen LogP contribution in [0.4, 0.5) is 4.79 Å². The van der Waals surface area contributed by atoms with Crippen LogP contribution in [0.1, 0.15) is 58.3 Å². The zero-order valence-electron chi connectivity index (χ0n) is 12.9. The van der Waals surface area contributed by atoms with Crippen molar-refractivity contribution in [3.8, 4) is 0 Å². The Hall–Kier alpha value is -1.26. The molecular weight excluding hydrogens is 268 g/mol. The third-order valence-electron chi connectivity index (χ3n) is 4.79. The minimum Gasteiger partial charge on any atom is -0.481 e. The number of nitrogens with one attached hydrogen (secondary N) is 2. The van der Waals surface area contributed by atoms with Crippen molar-refractivity contribution in [3.63, 3.8) is 0 Å². The van der Waals surface area contributed by atoms with E-state index in [0.29, 0.717) is 12.5 Å². The lowest BCUT2D eigenvalue weighted by molar-refractivity contribution is -0.137. The number of amides is 2. The summed E-state index contributed by atoms with van der Waals surface area (Å²) in [6.07, 6.45) is 8.30. The van der Waals surface area contributed by atoms with Crippen molar-refractivity contribution in [1.29, 1.82) is 0 Å². The van der Waals surface area contributed by atoms with Gasteiger partial charge in [0.05, 0.1) is 6.42 Å². The van der Waals surface area contributed by atoms with Gasteiger partial charge in [-0.15, -0.1) is 0 Å². The van der Waals surface area contributed by atoms with Gasteiger partial charge in [0.15, 0.2) is 0 Å². The molecule has 5 heteroatoms. The lowest BCUT2D eigenvalue weighted by atomic mass is 9.81. The largest absolute Gasteiger partial charge is 0.481 e. The van der Waals surface area contributed by atoms with Gasteiger partial charge in [-0.2, -0.15) is 0 Å². The predicted molar refractivity (Wildman–Crippen MR) is 81.0 cm³/mol. The second kappa shape index (κ2) is 7.66. The zero-order valence-corrected chi connectivity index (χ0v) is 12.9. The first kappa shape index (κ1) is 16.1. The molecule has 0 bridgehead atoms. The summed E-state index contributed by atoms with van der Waals surface area (Å²) in [7, 11) is 0. The van der Waals surface area contributed by atoms with Gasteiger partial charge < -0.3 is 15.7 Å². The molecule has 21 heavy (non-hydrogen) atoms. The number of carbonyl (C=O) groups excluding carboxylic acids is 1. The molecule has 2 aliphatic rings. The fourth-order valence-corrected chi connectivity index (χ4v) is 3.45. The van der Waals surface area contributed by atoms with E-state index < -0.39 is 5.97 Å². The van der Waals surface area contributed by atoms with E-state index >= 15 is 0 Å². The second-order valence-electron chi connectivity index (χ2n) is 6.87. The van der Waals surface area contributed by atoms with E-state index in [-0.39, 0.29) is 18.5 Å². The van der Waals surface area contributed by atoms with Gasteiger partial charge in [0, 0.05) is 12.6 Å². The molecule has 3 unspecified atom stereocenters. The molecule has 0 aromatic carbocycles. The Balaban J connectivity index is 1.63. The quantitative estimate of drug-likeness (QED) is 0.676. The normalized spacial score (nSPS) is 26.9. The van der Waals surface area contributed by atoms with E-state index in [1.807, 2.05) is 0 Å². The minimum absolute atomic E-state index is 0.0260. The van der Waals surface area contributed by atoms with Crippen LogP contribution in [0.15, 0.2) is 0 Å². The van der Waals surface area contributed by atoms with Crippen LogP contribution in [-0.4, -0.2) is 29.7 Å². The van der Waals surface area contributed by atoms with Gasteiger partial charge in [-0.05, 0) is 43.4 Å². The van der Waals surface area contributed by atoms with Crippen LogP contribution in [0.25, 0.3) is 0 Å². The number of urea groups is 1. The second-order valence-corrected chi connectivity index (χ2v) is 6.87. The average molecular weight is 296 g/mol. The summed E-state index contributed by atoms with van der Waals surface area (Å²) >= 11 is 0. The molecule has 2 rings (SSSR count). The lowest BCUT2D eigenvalue weighted by Crippen LogP contribution is -2.44. The highest BCUT2D eigenvalue weighted by molar-refractivity contribution is 5.75. The molecule has 2 saturated carbocycles. The molecule has 3 N–H and O–H groups in total. The van der Waals surface area contributed by atoms with Crippen LogP contribution in [-0.2, 0) is 4.79 Å². The maximum absolute atomic E-state index is 11.9. The van der Waals surface area contributed by atoms with E-state index in [0.717, 1.165) is 31.1 Å². The van der Waals surface area contributed by atoms with Crippen molar-refractivity contribution in [2.24, 2.45) is 17.8 Å². The summed E-state index contributed by atoms with van der Waals surface area (Å²) in [5, 5.41) is 14.6. The molecule has 0 aromatic rings. The number of carboxylic acids is 1. The van der Waals surface area contributed by atoms with Crippen molar-refractivity contribution < 1.29 is 14.7 Å². The molecule has 3 atom stereocenters. The zero-order chi connectivity index (χ0) is 15.2. The van der Waals surface area contributed by atoms with Gasteiger partial charge in [-0.1, -0.05) is 26.2 Å². The van der Waals surface area contributed by atoms with Crippen molar-refractivity contribution in [2.75, 3.05) is 6.54 Å². The highest BCUT2D eigenvalue weighted by Gasteiger charge is 2.33. The first-order chi connectivity index (χ1) is 10.0. The summed E-state index contributed by atoms with van der Waals surface area (Å²) in [6, 6.07) is -0.422. The van der Waals surface area contributed by atoms with Gasteiger partial charge >= 0.3 is 12.0 Å². The molecule has 0 heterocycles. The molecule has 0 saturated heterocycles. The molecule has 0 aromatic heterocycles. The summed E-state index contributed by atoms with van der Waals surface area (Å²) in [5.74, 6) is 1.05. The fourth-order valence-electron chi connectivity index (χ4n) is 3.45. The molecule has 0 radical (unpaired) electrons. The molecular formula is C16H28N2O3. The van der Waals surface area contributed by atoms with E-state index in [2.05, 4.69) is 17.6 Å². The number of hydrogen-bond donors (Lipinski definition) is 3. The van der Waals surface area contributed by atoms with Crippen LogP contribution in [0.5, 0.6) is 0 Å². The van der Waals surface area contributed by atoms with Crippen LogP contribution in [0.2, 0.25) is 0 Å². The Labute approximate surface area is 126 Å². The molecule has 5 nitrogen and oxygen atoms in total. The maximum atomic E-state index is 11.9. The van der Waals surface area contributed by atoms with Crippen LogP contribution in [0, 0.1) is 17.8 Å². The third kappa shape index (κ3) is 5.94. The van der Waals surface area contributed by atoms with Gasteiger partial charge in [0.2, 0.25) is 0 Å². The van der Waals surface area contributed by atoms with E-state index in [1.165, 1.54) is 25.7 Å². The Morgan fingerprint density at radius 1 is 1.24 bits per heavy atom. The molecule has 120 valence electrons. The Bertz CT molecular complexity index is 369. The predicted octanol–water partition coefficient (Wildman–Crippen LogP) is 2.76. The van der Waals surface area contributed by atoms with Gasteiger partial charge in [0.25, 0.3) is 0 Å². The number of rotatable bonds is 7. The summed E-state index contributed by atoms with van der Waals surface area (Å²) < 4.78 is 0. The highest BCUT2D eigenvalue weighted by Crippen LogP contribution is 2.34. The van der Waals surface area contributed by atoms with Crippen LogP contribution < -0.4 is 10.6 Å². The number of carbonyl (C=O) groups is 2. The van der Waals surface area contributed by atoms with E-state index in [4.69, 9.17) is 5.11 Å². The minimum atomic E-state index is -0.844. The Morgan fingerprint density at radius 2 is 2.00 bits per heavy atom. The summed E-state index contributed by atoms with van der Waals surface area (Å²) in [6.45, 7) is 2.99. The number of aliphatic carboxylic acids is 1. The first-order valence-corrected chi connectivity index (χ1v) is 8.30. The SMILES string of the molecule is CC1CCCC(CCNC(=O)NC(CC(=O)O)C2CC2)C1. The smallest absolute Gasteiger partial charge is 0.315 e. The van der Waals surface area contributed by atoms with E-state index in [9.17, 15) is 9.59 Å². The molecule has 0 spiro atoms. The van der Waals surface area contributed by atoms with Crippen molar-refractivity contribution >= 4 is 12.0 Å². The lowest BCUT2D eigenvalue weighted by Gasteiger charge is -2.26. The molecule has 2 fully saturated rings. The summed E-state index contributed by atoms with van der Waals surface area (Å²) in [4.78, 5) is 22.7. The highest BCUT2D eigenvalue weighted by atomic mass is 16.4. The third-order valence-corrected chi connectivity index (χ3v) is 4.79. The maximum Gasteiger partial charge on any atom is 0.315 e. The first-order valence-electron chi connectivity index (χ1n) is 8.30. The number of carboxylic acid groups (broad SMARTS) is 1. The van der Waals surface area contributed by atoms with Gasteiger partial charge in [-0.3, -0.25) is 4.79 Å². The Kier molecular flexibility index (Phi) is 5.88. The average Bonchev–Trinajstić information content (AvgIpc) is 3.21. The van der Waals surface area contributed by atoms with Crippen molar-refractivity contribution in [2.45, 2.75) is 64.3 Å². The van der Waals surface area contributed by atoms with E-state index in [1.54, 1.807) is 0 Å². The molecule has 2 amide bonds. The standard InChI is InChI=1S/C16H28N2O3/c1-11-3-2-4-12(9-11)7-8-17-16(21)18-14(10-15(19)20)13-5-6-13/h11-14H,2-10H2,1H3,(H,19,20)(H2,17,18,21). The topological polar surface area (TPSA) is 78.4 Å². The monoisotopic (exact) mass is 296 g/mol. The van der Waals surface area contributed by atoms with Gasteiger partial charge in [0.1, 0.15) is 0 Å². The van der Waals surface area contributed by atoms with Crippen LogP contribution >= 0.6 is 0 Å². The molecule has 0 aliphatic heterocycles. The van der Waals surface area contributed by atoms with Crippen molar-refractivity contribution in [3.05, 3.63) is 0 Å². The van der Waals surface area contributed by atoms with Crippen molar-refractivity contribution in [1.82, 2.24) is 10.6 Å². The number of hydrogen-bond acceptors (Lipinski definition) is 2. The van der Waals surface area contributed by atoms with Crippen LogP contribution in [0.3, 0.4) is 0 Å². The Morgan fingerprint density at radius 3 is 2.62 bits per heavy atom. The summed E-state index contributed by atoms with van der Waals surface area (Å²) in [5.41, 5.74) is 0. The molecule has 2 aliphatic carbocycles. The fraction of sp³-hybridized carbons (Fsp3) is 0.875.